The van der Waals surface area contributed by atoms with Gasteiger partial charge in [-0.3, -0.25) is 0 Å². The summed E-state index contributed by atoms with van der Waals surface area (Å²) in [5.74, 6) is 3.35. The predicted molar refractivity (Wildman–Crippen MR) is 128 cm³/mol. The van der Waals surface area contributed by atoms with Crippen LogP contribution in [0, 0.1) is 0 Å². The molecule has 5 rings (SSSR count). The molecule has 4 heteroatoms. The van der Waals surface area contributed by atoms with Gasteiger partial charge < -0.3 is 18.9 Å². The largest absolute Gasteiger partial charge is 0.497 e. The van der Waals surface area contributed by atoms with E-state index in [0.717, 1.165) is 44.9 Å². The lowest BCUT2D eigenvalue weighted by Gasteiger charge is -2.10. The SMILES string of the molecule is COc1ccc(C(=C2c3cc4c(OC)ccc(OC)c4cc32)c2ccc(OC)cc2)cc1. The van der Waals surface area contributed by atoms with Crippen molar-refractivity contribution in [3.8, 4) is 23.0 Å². The lowest BCUT2D eigenvalue weighted by Crippen LogP contribution is -1.90. The molecule has 0 amide bonds. The first-order valence-electron chi connectivity index (χ1n) is 10.4. The number of fused-ring (bicyclic) bond motifs is 2. The molecule has 0 N–H and O–H groups in total. The van der Waals surface area contributed by atoms with E-state index in [4.69, 9.17) is 18.9 Å². The Bertz CT molecular complexity index is 1230. The summed E-state index contributed by atoms with van der Waals surface area (Å²) in [7, 11) is 6.76. The van der Waals surface area contributed by atoms with Crippen LogP contribution in [0.25, 0.3) is 21.9 Å². The zero-order valence-corrected chi connectivity index (χ0v) is 18.6. The summed E-state index contributed by atoms with van der Waals surface area (Å²) in [4.78, 5) is 0. The Labute approximate surface area is 187 Å². The minimum atomic E-state index is 0.835. The standard InChI is InChI=1S/C28H24O4/c1-29-19-9-5-17(6-10-19)27(18-7-11-20(30-2)12-8-18)28-23-15-21-22(16-24(23)28)26(32-4)14-13-25(21)31-3/h5-16H,1-4H3. The molecule has 0 saturated heterocycles. The second kappa shape index (κ2) is 7.97. The molecule has 0 radical (unpaired) electrons. The van der Waals surface area contributed by atoms with Crippen molar-refractivity contribution in [1.82, 2.24) is 0 Å². The van der Waals surface area contributed by atoms with Crippen LogP contribution in [-0.4, -0.2) is 28.4 Å². The molecule has 160 valence electrons. The van der Waals surface area contributed by atoms with Gasteiger partial charge in [0.15, 0.2) is 0 Å². The van der Waals surface area contributed by atoms with Crippen molar-refractivity contribution in [2.75, 3.05) is 28.4 Å². The summed E-state index contributed by atoms with van der Waals surface area (Å²) >= 11 is 0. The third kappa shape index (κ3) is 3.25. The highest BCUT2D eigenvalue weighted by atomic mass is 16.5. The summed E-state index contributed by atoms with van der Waals surface area (Å²) in [6.07, 6.45) is 0. The summed E-state index contributed by atoms with van der Waals surface area (Å²) in [5.41, 5.74) is 7.13. The highest BCUT2D eigenvalue weighted by Gasteiger charge is 2.31. The Morgan fingerprint density at radius 2 is 0.906 bits per heavy atom. The lowest BCUT2D eigenvalue weighted by atomic mass is 9.95. The number of hydrogen-bond donors (Lipinski definition) is 0. The Morgan fingerprint density at radius 1 is 0.500 bits per heavy atom. The molecule has 0 spiro atoms. The summed E-state index contributed by atoms with van der Waals surface area (Å²) in [6, 6.07) is 24.7. The van der Waals surface area contributed by atoms with Crippen molar-refractivity contribution in [3.05, 3.63) is 95.1 Å². The molecule has 0 unspecified atom stereocenters. The monoisotopic (exact) mass is 424 g/mol. The fourth-order valence-corrected chi connectivity index (χ4v) is 4.30. The van der Waals surface area contributed by atoms with Gasteiger partial charge in [-0.25, -0.2) is 0 Å². The van der Waals surface area contributed by atoms with E-state index in [0.29, 0.717) is 0 Å². The molecular formula is C28H24O4. The van der Waals surface area contributed by atoms with Crippen LogP contribution in [0.2, 0.25) is 0 Å². The van der Waals surface area contributed by atoms with Crippen LogP contribution < -0.4 is 18.9 Å². The third-order valence-corrected chi connectivity index (χ3v) is 6.00. The molecule has 4 nitrogen and oxygen atoms in total. The molecule has 1 aliphatic rings. The highest BCUT2D eigenvalue weighted by Crippen LogP contribution is 2.53. The molecule has 0 saturated carbocycles. The first-order chi connectivity index (χ1) is 15.7. The van der Waals surface area contributed by atoms with Crippen molar-refractivity contribution in [3.63, 3.8) is 0 Å². The van der Waals surface area contributed by atoms with Gasteiger partial charge in [-0.15, -0.1) is 0 Å². The van der Waals surface area contributed by atoms with E-state index in [2.05, 4.69) is 36.4 Å². The first kappa shape index (κ1) is 20.0. The fourth-order valence-electron chi connectivity index (χ4n) is 4.30. The molecule has 0 fully saturated rings. The van der Waals surface area contributed by atoms with Gasteiger partial charge in [0.2, 0.25) is 0 Å². The van der Waals surface area contributed by atoms with Crippen LogP contribution in [0.5, 0.6) is 23.0 Å². The Kier molecular flexibility index (Phi) is 4.98. The third-order valence-electron chi connectivity index (χ3n) is 6.00. The minimum absolute atomic E-state index is 0.835. The Hall–Kier alpha value is -3.92. The van der Waals surface area contributed by atoms with Gasteiger partial charge >= 0.3 is 0 Å². The minimum Gasteiger partial charge on any atom is -0.497 e. The van der Waals surface area contributed by atoms with Crippen molar-refractivity contribution in [2.24, 2.45) is 0 Å². The van der Waals surface area contributed by atoms with E-state index >= 15 is 0 Å². The van der Waals surface area contributed by atoms with Crippen molar-refractivity contribution >= 4 is 21.9 Å². The summed E-state index contributed by atoms with van der Waals surface area (Å²) < 4.78 is 22.0. The highest BCUT2D eigenvalue weighted by molar-refractivity contribution is 6.19. The van der Waals surface area contributed by atoms with E-state index in [9.17, 15) is 0 Å². The average molecular weight is 424 g/mol. The first-order valence-corrected chi connectivity index (χ1v) is 10.4. The molecule has 4 aromatic rings. The molecule has 0 aromatic heterocycles. The normalized spacial score (nSPS) is 11.7. The number of hydrogen-bond acceptors (Lipinski definition) is 4. The smallest absolute Gasteiger partial charge is 0.126 e. The van der Waals surface area contributed by atoms with Crippen LogP contribution in [0.4, 0.5) is 0 Å². The van der Waals surface area contributed by atoms with Crippen molar-refractivity contribution in [2.45, 2.75) is 0 Å². The Balaban J connectivity index is 1.73. The number of ether oxygens (including phenoxy) is 4. The van der Waals surface area contributed by atoms with Crippen LogP contribution in [-0.2, 0) is 0 Å². The van der Waals surface area contributed by atoms with Gasteiger partial charge in [0.25, 0.3) is 0 Å². The second-order valence-corrected chi connectivity index (χ2v) is 7.62. The molecule has 0 heterocycles. The van der Waals surface area contributed by atoms with Gasteiger partial charge in [0.1, 0.15) is 23.0 Å². The quantitative estimate of drug-likeness (QED) is 0.325. The van der Waals surface area contributed by atoms with Gasteiger partial charge in [-0.2, -0.15) is 0 Å². The van der Waals surface area contributed by atoms with E-state index in [1.807, 2.05) is 36.4 Å². The molecular weight excluding hydrogens is 400 g/mol. The van der Waals surface area contributed by atoms with E-state index in [-0.39, 0.29) is 0 Å². The van der Waals surface area contributed by atoms with Crippen molar-refractivity contribution < 1.29 is 18.9 Å². The number of rotatable bonds is 6. The Morgan fingerprint density at radius 3 is 1.25 bits per heavy atom. The molecule has 4 aromatic carbocycles. The maximum Gasteiger partial charge on any atom is 0.126 e. The second-order valence-electron chi connectivity index (χ2n) is 7.62. The van der Waals surface area contributed by atoms with E-state index in [1.54, 1.807) is 28.4 Å². The molecule has 0 bridgehead atoms. The van der Waals surface area contributed by atoms with Gasteiger partial charge in [0.05, 0.1) is 28.4 Å². The van der Waals surface area contributed by atoms with E-state index in [1.165, 1.54) is 22.3 Å². The molecule has 32 heavy (non-hydrogen) atoms. The fraction of sp³-hybridized carbons (Fsp3) is 0.143. The molecule has 0 atom stereocenters. The molecule has 1 aliphatic carbocycles. The van der Waals surface area contributed by atoms with Crippen molar-refractivity contribution in [1.29, 1.82) is 0 Å². The van der Waals surface area contributed by atoms with Crippen LogP contribution in [0.15, 0.2) is 72.8 Å². The number of benzene rings is 4. The predicted octanol–water partition coefficient (Wildman–Crippen LogP) is 6.20. The summed E-state index contributed by atoms with van der Waals surface area (Å²) in [5, 5.41) is 2.09. The van der Waals surface area contributed by atoms with Crippen LogP contribution in [0.3, 0.4) is 0 Å². The van der Waals surface area contributed by atoms with Crippen LogP contribution >= 0.6 is 0 Å². The van der Waals surface area contributed by atoms with E-state index < -0.39 is 0 Å². The average Bonchev–Trinajstić information content (AvgIpc) is 3.55. The zero-order chi connectivity index (χ0) is 22.2. The van der Waals surface area contributed by atoms with Crippen LogP contribution in [0.1, 0.15) is 22.3 Å². The maximum atomic E-state index is 5.62. The van der Waals surface area contributed by atoms with Gasteiger partial charge in [-0.05, 0) is 81.9 Å². The zero-order valence-electron chi connectivity index (χ0n) is 18.6. The van der Waals surface area contributed by atoms with Gasteiger partial charge in [-0.1, -0.05) is 24.3 Å². The summed E-state index contributed by atoms with van der Waals surface area (Å²) in [6.45, 7) is 0. The molecule has 0 aliphatic heterocycles. The topological polar surface area (TPSA) is 36.9 Å². The maximum absolute atomic E-state index is 5.62. The number of methoxy groups -OCH3 is 4. The van der Waals surface area contributed by atoms with Gasteiger partial charge in [0, 0.05) is 10.8 Å². The lowest BCUT2D eigenvalue weighted by molar-refractivity contribution is 0.410.